The summed E-state index contributed by atoms with van der Waals surface area (Å²) in [5, 5.41) is 6.65. The fourth-order valence-electron chi connectivity index (χ4n) is 2.32. The Bertz CT molecular complexity index is 456. The summed E-state index contributed by atoms with van der Waals surface area (Å²) in [6, 6.07) is 8.23. The molecular weight excluding hydrogens is 391 g/mol. The van der Waals surface area contributed by atoms with Gasteiger partial charge >= 0.3 is 0 Å². The maximum absolute atomic E-state index is 5.91. The first-order valence-electron chi connectivity index (χ1n) is 7.60. The Kier molecular flexibility index (Phi) is 8.55. The number of aliphatic imine (C=N–C) groups is 1. The molecule has 6 heteroatoms. The lowest BCUT2D eigenvalue weighted by Crippen LogP contribution is -2.44. The Hall–Kier alpha value is -1.02. The molecule has 0 spiro atoms. The molecule has 0 amide bonds. The summed E-state index contributed by atoms with van der Waals surface area (Å²) in [6.45, 7) is 5.86. The van der Waals surface area contributed by atoms with E-state index in [1.54, 1.807) is 7.05 Å². The normalized spacial score (nSPS) is 16.7. The topological polar surface area (TPSA) is 48.9 Å². The van der Waals surface area contributed by atoms with Gasteiger partial charge in [-0.1, -0.05) is 25.1 Å². The molecular formula is C16H27IN4O. The average molecular weight is 418 g/mol. The van der Waals surface area contributed by atoms with Gasteiger partial charge in [0.2, 0.25) is 0 Å². The monoisotopic (exact) mass is 418 g/mol. The number of fused-ring (bicyclic) bond motifs is 1. The van der Waals surface area contributed by atoms with Crippen molar-refractivity contribution in [1.82, 2.24) is 15.5 Å². The summed E-state index contributed by atoms with van der Waals surface area (Å²) in [4.78, 5) is 6.50. The van der Waals surface area contributed by atoms with Crippen molar-refractivity contribution in [1.29, 1.82) is 0 Å². The predicted molar refractivity (Wildman–Crippen MR) is 103 cm³/mol. The largest absolute Gasteiger partial charge is 0.488 e. The van der Waals surface area contributed by atoms with Crippen molar-refractivity contribution in [2.24, 2.45) is 4.99 Å². The van der Waals surface area contributed by atoms with E-state index in [4.69, 9.17) is 4.74 Å². The second-order valence-electron chi connectivity index (χ2n) is 5.33. The van der Waals surface area contributed by atoms with Gasteiger partial charge < -0.3 is 20.3 Å². The lowest BCUT2D eigenvalue weighted by atomic mass is 10.1. The van der Waals surface area contributed by atoms with Crippen LogP contribution in [0.2, 0.25) is 0 Å². The minimum absolute atomic E-state index is 0. The molecule has 0 aliphatic carbocycles. The van der Waals surface area contributed by atoms with E-state index in [0.717, 1.165) is 44.3 Å². The van der Waals surface area contributed by atoms with Crippen LogP contribution >= 0.6 is 24.0 Å². The third-order valence-electron chi connectivity index (χ3n) is 3.76. The molecule has 0 saturated carbocycles. The van der Waals surface area contributed by atoms with Crippen molar-refractivity contribution in [3.8, 4) is 5.75 Å². The van der Waals surface area contributed by atoms with Crippen molar-refractivity contribution in [3.05, 3.63) is 29.8 Å². The second kappa shape index (κ2) is 9.89. The molecule has 0 aromatic heterocycles. The van der Waals surface area contributed by atoms with Crippen molar-refractivity contribution in [3.63, 3.8) is 0 Å². The molecule has 5 nitrogen and oxygen atoms in total. The third kappa shape index (κ3) is 5.64. The molecule has 2 N–H and O–H groups in total. The van der Waals surface area contributed by atoms with Crippen LogP contribution in [0.25, 0.3) is 0 Å². The SMILES string of the molecule is CCN(C)CCNC(=NC)NCC1Cc2ccccc2O1.I. The van der Waals surface area contributed by atoms with Crippen LogP contribution in [0.5, 0.6) is 5.75 Å². The van der Waals surface area contributed by atoms with E-state index in [1.807, 2.05) is 12.1 Å². The highest BCUT2D eigenvalue weighted by Gasteiger charge is 2.22. The number of hydrogen-bond donors (Lipinski definition) is 2. The standard InChI is InChI=1S/C16H26N4O.HI/c1-4-20(3)10-9-18-16(17-2)19-12-14-11-13-7-5-6-8-15(13)21-14;/h5-8,14H,4,9-12H2,1-3H3,(H2,17,18,19);1H. The molecule has 1 aliphatic rings. The Morgan fingerprint density at radius 3 is 2.82 bits per heavy atom. The van der Waals surface area contributed by atoms with Crippen LogP contribution in [0.15, 0.2) is 29.3 Å². The van der Waals surface area contributed by atoms with Gasteiger partial charge in [-0.15, -0.1) is 24.0 Å². The zero-order valence-corrected chi connectivity index (χ0v) is 16.0. The van der Waals surface area contributed by atoms with Gasteiger partial charge in [0.1, 0.15) is 11.9 Å². The first-order valence-corrected chi connectivity index (χ1v) is 7.60. The molecule has 0 bridgehead atoms. The highest BCUT2D eigenvalue weighted by molar-refractivity contribution is 14.0. The maximum Gasteiger partial charge on any atom is 0.191 e. The summed E-state index contributed by atoms with van der Waals surface area (Å²) in [6.07, 6.45) is 1.14. The zero-order valence-electron chi connectivity index (χ0n) is 13.6. The number of rotatable bonds is 6. The Morgan fingerprint density at radius 2 is 2.14 bits per heavy atom. The number of para-hydroxylation sites is 1. The Morgan fingerprint density at radius 1 is 1.36 bits per heavy atom. The molecule has 2 rings (SSSR count). The number of halogens is 1. The third-order valence-corrected chi connectivity index (χ3v) is 3.76. The van der Waals surface area contributed by atoms with E-state index in [2.05, 4.69) is 46.6 Å². The van der Waals surface area contributed by atoms with Crippen molar-refractivity contribution < 1.29 is 4.74 Å². The molecule has 0 saturated heterocycles. The number of guanidine groups is 1. The number of benzene rings is 1. The van der Waals surface area contributed by atoms with E-state index in [9.17, 15) is 0 Å². The number of ether oxygens (including phenoxy) is 1. The minimum Gasteiger partial charge on any atom is -0.488 e. The summed E-state index contributed by atoms with van der Waals surface area (Å²) >= 11 is 0. The molecule has 22 heavy (non-hydrogen) atoms. The van der Waals surface area contributed by atoms with Crippen LogP contribution in [-0.2, 0) is 6.42 Å². The number of nitrogens with zero attached hydrogens (tertiary/aromatic N) is 2. The molecule has 1 atom stereocenters. The first-order chi connectivity index (χ1) is 10.2. The molecule has 124 valence electrons. The maximum atomic E-state index is 5.91. The van der Waals surface area contributed by atoms with Crippen LogP contribution in [0, 0.1) is 0 Å². The van der Waals surface area contributed by atoms with Gasteiger partial charge in [0.05, 0.1) is 6.54 Å². The molecule has 1 aliphatic heterocycles. The first kappa shape index (κ1) is 19.0. The quantitative estimate of drug-likeness (QED) is 0.420. The van der Waals surface area contributed by atoms with Crippen molar-refractivity contribution in [2.75, 3.05) is 40.3 Å². The van der Waals surface area contributed by atoms with Gasteiger partial charge in [0.25, 0.3) is 0 Å². The van der Waals surface area contributed by atoms with Gasteiger partial charge in [-0.25, -0.2) is 0 Å². The molecule has 1 aromatic carbocycles. The van der Waals surface area contributed by atoms with Gasteiger partial charge in [0.15, 0.2) is 5.96 Å². The molecule has 1 unspecified atom stereocenters. The van der Waals surface area contributed by atoms with Crippen LogP contribution in [-0.4, -0.2) is 57.2 Å². The summed E-state index contributed by atoms with van der Waals surface area (Å²) < 4.78 is 5.91. The van der Waals surface area contributed by atoms with Gasteiger partial charge in [-0.2, -0.15) is 0 Å². The predicted octanol–water partition coefficient (Wildman–Crippen LogP) is 1.72. The van der Waals surface area contributed by atoms with Crippen LogP contribution in [0.4, 0.5) is 0 Å². The van der Waals surface area contributed by atoms with E-state index < -0.39 is 0 Å². The smallest absolute Gasteiger partial charge is 0.191 e. The molecule has 1 aromatic rings. The zero-order chi connectivity index (χ0) is 15.1. The van der Waals surface area contributed by atoms with E-state index >= 15 is 0 Å². The molecule has 0 fully saturated rings. The Labute approximate surface area is 150 Å². The Balaban J connectivity index is 0.00000242. The minimum atomic E-state index is 0. The number of nitrogens with one attached hydrogen (secondary N) is 2. The van der Waals surface area contributed by atoms with Gasteiger partial charge in [0, 0.05) is 26.6 Å². The number of hydrogen-bond acceptors (Lipinski definition) is 3. The fraction of sp³-hybridized carbons (Fsp3) is 0.562. The van der Waals surface area contributed by atoms with Crippen LogP contribution in [0.1, 0.15) is 12.5 Å². The van der Waals surface area contributed by atoms with Crippen molar-refractivity contribution >= 4 is 29.9 Å². The lowest BCUT2D eigenvalue weighted by molar-refractivity contribution is 0.235. The van der Waals surface area contributed by atoms with E-state index in [1.165, 1.54) is 5.56 Å². The van der Waals surface area contributed by atoms with E-state index in [0.29, 0.717) is 0 Å². The summed E-state index contributed by atoms with van der Waals surface area (Å²) in [5.41, 5.74) is 1.29. The molecule has 1 heterocycles. The fourth-order valence-corrected chi connectivity index (χ4v) is 2.32. The summed E-state index contributed by atoms with van der Waals surface area (Å²) in [7, 11) is 3.91. The van der Waals surface area contributed by atoms with Crippen LogP contribution < -0.4 is 15.4 Å². The average Bonchev–Trinajstić information content (AvgIpc) is 2.93. The summed E-state index contributed by atoms with van der Waals surface area (Å²) in [5.74, 6) is 1.84. The van der Waals surface area contributed by atoms with E-state index in [-0.39, 0.29) is 30.1 Å². The van der Waals surface area contributed by atoms with Gasteiger partial charge in [-0.3, -0.25) is 4.99 Å². The van der Waals surface area contributed by atoms with Crippen molar-refractivity contribution in [2.45, 2.75) is 19.4 Å². The highest BCUT2D eigenvalue weighted by Crippen LogP contribution is 2.27. The molecule has 0 radical (unpaired) electrons. The van der Waals surface area contributed by atoms with Gasteiger partial charge in [-0.05, 0) is 25.2 Å². The lowest BCUT2D eigenvalue weighted by Gasteiger charge is -2.18. The second-order valence-corrected chi connectivity index (χ2v) is 5.33. The van der Waals surface area contributed by atoms with Crippen LogP contribution in [0.3, 0.4) is 0 Å². The number of likely N-dealkylation sites (N-methyl/N-ethyl adjacent to an activating group) is 1. The highest BCUT2D eigenvalue weighted by atomic mass is 127.